The van der Waals surface area contributed by atoms with Gasteiger partial charge in [0.1, 0.15) is 18.8 Å². The Balaban J connectivity index is 2.73. The number of primary amides is 1. The molecule has 1 aromatic rings. The molecule has 108 valence electrons. The van der Waals surface area contributed by atoms with Crippen molar-refractivity contribution in [3.63, 3.8) is 0 Å². The van der Waals surface area contributed by atoms with Crippen molar-refractivity contribution >= 4 is 23.6 Å². The molecule has 1 rings (SSSR count). The minimum Gasteiger partial charge on any atom is -0.497 e. The maximum Gasteiger partial charge on any atom is 0.323 e. The summed E-state index contributed by atoms with van der Waals surface area (Å²) in [5.41, 5.74) is 5.41. The number of carboxylic acids is 1. The van der Waals surface area contributed by atoms with E-state index in [0.29, 0.717) is 11.4 Å². The van der Waals surface area contributed by atoms with E-state index in [1.165, 1.54) is 7.11 Å². The quantitative estimate of drug-likeness (QED) is 0.682. The molecule has 20 heavy (non-hydrogen) atoms. The van der Waals surface area contributed by atoms with E-state index >= 15 is 0 Å². The number of anilines is 1. The van der Waals surface area contributed by atoms with E-state index in [4.69, 9.17) is 15.6 Å². The molecule has 0 bridgehead atoms. The second-order valence-electron chi connectivity index (χ2n) is 3.87. The molecule has 4 N–H and O–H groups in total. The molecule has 8 nitrogen and oxygen atoms in total. The van der Waals surface area contributed by atoms with E-state index in [-0.39, 0.29) is 0 Å². The number of nitrogens with zero attached hydrogens (tertiary/aromatic N) is 1. The Morgan fingerprint density at radius 3 is 2.30 bits per heavy atom. The van der Waals surface area contributed by atoms with Gasteiger partial charge >= 0.3 is 12.0 Å². The number of carbonyl (C=O) groups is 3. The van der Waals surface area contributed by atoms with E-state index in [0.717, 1.165) is 4.90 Å². The van der Waals surface area contributed by atoms with Crippen molar-refractivity contribution in [1.82, 2.24) is 4.90 Å². The summed E-state index contributed by atoms with van der Waals surface area (Å²) >= 11 is 0. The van der Waals surface area contributed by atoms with Crippen LogP contribution in [0.15, 0.2) is 24.3 Å². The fourth-order valence-electron chi connectivity index (χ4n) is 1.43. The molecule has 0 saturated carbocycles. The van der Waals surface area contributed by atoms with E-state index in [1.807, 2.05) is 0 Å². The molecule has 0 aromatic heterocycles. The van der Waals surface area contributed by atoms with Gasteiger partial charge < -0.3 is 25.8 Å². The van der Waals surface area contributed by atoms with E-state index in [9.17, 15) is 14.4 Å². The van der Waals surface area contributed by atoms with E-state index in [2.05, 4.69) is 5.32 Å². The Labute approximate surface area is 115 Å². The van der Waals surface area contributed by atoms with Crippen molar-refractivity contribution in [1.29, 1.82) is 0 Å². The highest BCUT2D eigenvalue weighted by Crippen LogP contribution is 2.15. The van der Waals surface area contributed by atoms with Crippen LogP contribution in [0.25, 0.3) is 0 Å². The summed E-state index contributed by atoms with van der Waals surface area (Å²) in [4.78, 5) is 34.1. The average Bonchev–Trinajstić information content (AvgIpc) is 2.37. The summed E-state index contributed by atoms with van der Waals surface area (Å²) in [6.45, 7) is -1.10. The monoisotopic (exact) mass is 281 g/mol. The Bertz CT molecular complexity index is 484. The van der Waals surface area contributed by atoms with Gasteiger partial charge in [-0.3, -0.25) is 9.59 Å². The maximum atomic E-state index is 11.9. The van der Waals surface area contributed by atoms with Gasteiger partial charge in [0.2, 0.25) is 5.91 Å². The first-order valence-corrected chi connectivity index (χ1v) is 5.62. The van der Waals surface area contributed by atoms with Crippen LogP contribution in [0.1, 0.15) is 0 Å². The molecule has 0 saturated heterocycles. The van der Waals surface area contributed by atoms with Gasteiger partial charge in [0.15, 0.2) is 0 Å². The lowest BCUT2D eigenvalue weighted by Gasteiger charge is -2.19. The number of hydrogen-bond acceptors (Lipinski definition) is 4. The standard InChI is InChI=1S/C12H15N3O5/c1-20-9-4-2-8(3-5-9)14-12(19)15(6-10(13)16)7-11(17)18/h2-5H,6-7H2,1H3,(H2,13,16)(H,14,19)(H,17,18). The summed E-state index contributed by atoms with van der Waals surface area (Å²) in [7, 11) is 1.51. The lowest BCUT2D eigenvalue weighted by molar-refractivity contribution is -0.137. The molecular formula is C12H15N3O5. The molecule has 0 fully saturated rings. The third-order valence-corrected chi connectivity index (χ3v) is 2.30. The number of benzene rings is 1. The highest BCUT2D eigenvalue weighted by Gasteiger charge is 2.18. The number of methoxy groups -OCH3 is 1. The van der Waals surface area contributed by atoms with Crippen LogP contribution in [0.4, 0.5) is 10.5 Å². The van der Waals surface area contributed by atoms with Crippen molar-refractivity contribution in [3.8, 4) is 5.75 Å². The number of urea groups is 1. The molecule has 0 aliphatic heterocycles. The second kappa shape index (κ2) is 6.98. The number of hydrogen-bond donors (Lipinski definition) is 3. The third-order valence-electron chi connectivity index (χ3n) is 2.30. The minimum absolute atomic E-state index is 0.440. The molecule has 0 radical (unpaired) electrons. The smallest absolute Gasteiger partial charge is 0.323 e. The zero-order chi connectivity index (χ0) is 15.1. The number of rotatable bonds is 6. The van der Waals surface area contributed by atoms with Crippen molar-refractivity contribution in [2.75, 3.05) is 25.5 Å². The Morgan fingerprint density at radius 2 is 1.85 bits per heavy atom. The number of carbonyl (C=O) groups excluding carboxylic acids is 2. The molecule has 3 amide bonds. The van der Waals surface area contributed by atoms with Gasteiger partial charge in [-0.2, -0.15) is 0 Å². The van der Waals surface area contributed by atoms with Crippen molar-refractivity contribution < 1.29 is 24.2 Å². The number of nitrogens with one attached hydrogen (secondary N) is 1. The first kappa shape index (κ1) is 15.3. The zero-order valence-corrected chi connectivity index (χ0v) is 10.8. The van der Waals surface area contributed by atoms with Gasteiger partial charge in [0.25, 0.3) is 0 Å². The van der Waals surface area contributed by atoms with Crippen LogP contribution in [-0.2, 0) is 9.59 Å². The van der Waals surface area contributed by atoms with Crippen LogP contribution in [-0.4, -0.2) is 48.1 Å². The summed E-state index contributed by atoms with van der Waals surface area (Å²) in [6, 6.07) is 5.70. The van der Waals surface area contributed by atoms with Crippen molar-refractivity contribution in [2.24, 2.45) is 5.73 Å². The van der Waals surface area contributed by atoms with Crippen LogP contribution in [0.3, 0.4) is 0 Å². The molecule has 0 atom stereocenters. The molecular weight excluding hydrogens is 266 g/mol. The van der Waals surface area contributed by atoms with Crippen LogP contribution >= 0.6 is 0 Å². The van der Waals surface area contributed by atoms with Crippen molar-refractivity contribution in [2.45, 2.75) is 0 Å². The van der Waals surface area contributed by atoms with E-state index in [1.54, 1.807) is 24.3 Å². The summed E-state index contributed by atoms with van der Waals surface area (Å²) in [6.07, 6.45) is 0. The molecule has 1 aromatic carbocycles. The van der Waals surface area contributed by atoms with Gasteiger partial charge in [-0.1, -0.05) is 0 Å². The lowest BCUT2D eigenvalue weighted by Crippen LogP contribution is -2.43. The number of aliphatic carboxylic acids is 1. The zero-order valence-electron chi connectivity index (χ0n) is 10.8. The summed E-state index contributed by atoms with van der Waals surface area (Å²) in [5, 5.41) is 11.2. The van der Waals surface area contributed by atoms with Gasteiger partial charge in [-0.05, 0) is 24.3 Å². The second-order valence-corrected chi connectivity index (χ2v) is 3.87. The van der Waals surface area contributed by atoms with Crippen LogP contribution < -0.4 is 15.8 Å². The molecule has 0 spiro atoms. The molecule has 0 aliphatic rings. The number of nitrogens with two attached hydrogens (primary N) is 1. The largest absolute Gasteiger partial charge is 0.497 e. The fourth-order valence-corrected chi connectivity index (χ4v) is 1.43. The SMILES string of the molecule is COc1ccc(NC(=O)N(CC(N)=O)CC(=O)O)cc1. The predicted molar refractivity (Wildman–Crippen MR) is 70.4 cm³/mol. The average molecular weight is 281 g/mol. The highest BCUT2D eigenvalue weighted by molar-refractivity contribution is 5.94. The fraction of sp³-hybridized carbons (Fsp3) is 0.250. The van der Waals surface area contributed by atoms with Crippen LogP contribution in [0.5, 0.6) is 5.75 Å². The first-order valence-electron chi connectivity index (χ1n) is 5.62. The molecule has 0 heterocycles. The van der Waals surface area contributed by atoms with Crippen molar-refractivity contribution in [3.05, 3.63) is 24.3 Å². The first-order chi connectivity index (χ1) is 9.42. The van der Waals surface area contributed by atoms with Gasteiger partial charge in [-0.25, -0.2) is 4.79 Å². The van der Waals surface area contributed by atoms with Crippen LogP contribution in [0.2, 0.25) is 0 Å². The summed E-state index contributed by atoms with van der Waals surface area (Å²) < 4.78 is 4.96. The van der Waals surface area contributed by atoms with Gasteiger partial charge in [0, 0.05) is 5.69 Å². The number of ether oxygens (including phenoxy) is 1. The molecule has 0 aliphatic carbocycles. The summed E-state index contributed by atoms with van der Waals surface area (Å²) in [5.74, 6) is -1.42. The van der Waals surface area contributed by atoms with Gasteiger partial charge in [0.05, 0.1) is 7.11 Å². The number of carboxylic acid groups (broad SMARTS) is 1. The Hall–Kier alpha value is -2.77. The topological polar surface area (TPSA) is 122 Å². The predicted octanol–water partition coefficient (Wildman–Crippen LogP) is 0.0990. The normalized spacial score (nSPS) is 9.65. The Kier molecular flexibility index (Phi) is 5.33. The van der Waals surface area contributed by atoms with Gasteiger partial charge in [-0.15, -0.1) is 0 Å². The maximum absolute atomic E-state index is 11.9. The number of amides is 3. The lowest BCUT2D eigenvalue weighted by atomic mass is 10.3. The Morgan fingerprint density at radius 1 is 1.25 bits per heavy atom. The van der Waals surface area contributed by atoms with Crippen LogP contribution in [0, 0.1) is 0 Å². The third kappa shape index (κ3) is 4.84. The minimum atomic E-state index is -1.24. The molecule has 0 unspecified atom stereocenters. The highest BCUT2D eigenvalue weighted by atomic mass is 16.5. The molecule has 8 heteroatoms. The van der Waals surface area contributed by atoms with E-state index < -0.39 is 31.0 Å².